The van der Waals surface area contributed by atoms with Gasteiger partial charge in [0.2, 0.25) is 5.78 Å². The summed E-state index contributed by atoms with van der Waals surface area (Å²) in [5, 5.41) is 33.4. The zero-order valence-corrected chi connectivity index (χ0v) is 17.8. The van der Waals surface area contributed by atoms with Crippen LogP contribution in [-0.2, 0) is 4.79 Å². The van der Waals surface area contributed by atoms with Gasteiger partial charge in [-0.3, -0.25) is 4.79 Å². The van der Waals surface area contributed by atoms with Gasteiger partial charge in [-0.1, -0.05) is 37.0 Å². The van der Waals surface area contributed by atoms with Gasteiger partial charge >= 0.3 is 0 Å². The lowest BCUT2D eigenvalue weighted by atomic mass is 9.88. The van der Waals surface area contributed by atoms with Crippen molar-refractivity contribution < 1.29 is 20.1 Å². The van der Waals surface area contributed by atoms with Gasteiger partial charge in [0.05, 0.1) is 21.4 Å². The Bertz CT molecular complexity index is 1120. The maximum atomic E-state index is 13.0. The van der Waals surface area contributed by atoms with Gasteiger partial charge in [0.15, 0.2) is 0 Å². The molecule has 8 heteroatoms. The molecule has 0 bridgehead atoms. The van der Waals surface area contributed by atoms with E-state index >= 15 is 0 Å². The summed E-state index contributed by atoms with van der Waals surface area (Å²) in [5.74, 6) is -0.664. The van der Waals surface area contributed by atoms with Crippen molar-refractivity contribution in [2.45, 2.75) is 26.7 Å². The fourth-order valence-electron chi connectivity index (χ4n) is 3.15. The van der Waals surface area contributed by atoms with Crippen molar-refractivity contribution in [1.29, 1.82) is 0 Å². The lowest BCUT2D eigenvalue weighted by Crippen LogP contribution is -2.28. The predicted octanol–water partition coefficient (Wildman–Crippen LogP) is 6.06. The molecule has 3 rings (SSSR count). The molecule has 2 aromatic carbocycles. The molecule has 30 heavy (non-hydrogen) atoms. The Hall–Kier alpha value is -2.96. The maximum absolute atomic E-state index is 13.0. The molecule has 0 saturated heterocycles. The second-order valence-electron chi connectivity index (χ2n) is 6.60. The number of aliphatic hydroxyl groups is 1. The smallest absolute Gasteiger partial charge is 0.211 e. The van der Waals surface area contributed by atoms with E-state index in [0.29, 0.717) is 35.5 Å². The molecule has 4 N–H and O–H groups in total. The molecule has 1 aliphatic rings. The molecule has 156 valence electrons. The second-order valence-corrected chi connectivity index (χ2v) is 7.42. The lowest BCUT2D eigenvalue weighted by molar-refractivity contribution is -0.110. The molecule has 0 spiro atoms. The van der Waals surface area contributed by atoms with E-state index in [2.05, 4.69) is 10.3 Å². The maximum Gasteiger partial charge on any atom is 0.211 e. The molecule has 2 aromatic rings. The van der Waals surface area contributed by atoms with Crippen molar-refractivity contribution in [3.8, 4) is 11.5 Å². The number of hydrogen-bond acceptors (Lipinski definition) is 6. The van der Waals surface area contributed by atoms with Crippen LogP contribution >= 0.6 is 23.2 Å². The van der Waals surface area contributed by atoms with Crippen LogP contribution in [-0.4, -0.2) is 26.8 Å². The number of nitrogens with one attached hydrogen (secondary N) is 1. The van der Waals surface area contributed by atoms with Gasteiger partial charge in [0.1, 0.15) is 23.0 Å². The number of carbonyl (C=O) groups is 1. The molecular formula is C22H20Cl2N2O4. The Balaban J connectivity index is 2.16. The first-order chi connectivity index (χ1) is 14.3. The molecule has 0 radical (unpaired) electrons. The van der Waals surface area contributed by atoms with E-state index in [1.165, 1.54) is 24.3 Å². The van der Waals surface area contributed by atoms with Gasteiger partial charge in [-0.2, -0.15) is 0 Å². The van der Waals surface area contributed by atoms with Crippen LogP contribution in [0.5, 0.6) is 11.5 Å². The summed E-state index contributed by atoms with van der Waals surface area (Å²) in [6, 6.07) is 8.96. The summed E-state index contributed by atoms with van der Waals surface area (Å²) in [6.07, 6.45) is 0.712. The fraction of sp³-hybridized carbons (Fsp3) is 0.182. The number of anilines is 1. The van der Waals surface area contributed by atoms with Crippen LogP contribution in [0.4, 0.5) is 11.4 Å². The van der Waals surface area contributed by atoms with Crippen molar-refractivity contribution in [1.82, 2.24) is 0 Å². The number of aliphatic imine (C=N–C) groups is 1. The van der Waals surface area contributed by atoms with Crippen molar-refractivity contribution in [2.24, 2.45) is 4.99 Å². The summed E-state index contributed by atoms with van der Waals surface area (Å²) >= 11 is 12.0. The molecule has 0 heterocycles. The van der Waals surface area contributed by atoms with Gasteiger partial charge in [-0.25, -0.2) is 4.99 Å². The van der Waals surface area contributed by atoms with Crippen LogP contribution < -0.4 is 5.32 Å². The van der Waals surface area contributed by atoms with E-state index in [4.69, 9.17) is 23.2 Å². The normalized spacial score (nSPS) is 15.9. The molecular weight excluding hydrogens is 427 g/mol. The van der Waals surface area contributed by atoms with Crippen LogP contribution in [0, 0.1) is 0 Å². The Labute approximate surface area is 183 Å². The molecule has 1 aliphatic carbocycles. The van der Waals surface area contributed by atoms with Crippen molar-refractivity contribution in [3.63, 3.8) is 0 Å². The summed E-state index contributed by atoms with van der Waals surface area (Å²) in [7, 11) is 0. The van der Waals surface area contributed by atoms with E-state index in [0.717, 1.165) is 0 Å². The molecule has 0 unspecified atom stereocenters. The van der Waals surface area contributed by atoms with Crippen molar-refractivity contribution >= 4 is 46.1 Å². The number of aromatic hydroxyl groups is 2. The number of phenols is 2. The number of carbonyl (C=O) groups excluding carboxylic acids is 1. The number of nitrogens with zero attached hydrogens (tertiary/aromatic N) is 1. The third kappa shape index (κ3) is 4.15. The molecule has 0 amide bonds. The average Bonchev–Trinajstić information content (AvgIpc) is 2.71. The first kappa shape index (κ1) is 21.7. The zero-order valence-electron chi connectivity index (χ0n) is 16.3. The van der Waals surface area contributed by atoms with E-state index < -0.39 is 0 Å². The number of allylic oxidation sites excluding steroid dienone is 2. The molecule has 0 aromatic heterocycles. The third-order valence-corrected chi connectivity index (χ3v) is 5.30. The van der Waals surface area contributed by atoms with Crippen LogP contribution in [0.2, 0.25) is 10.0 Å². The predicted molar refractivity (Wildman–Crippen MR) is 119 cm³/mol. The molecule has 0 saturated carbocycles. The first-order valence-electron chi connectivity index (χ1n) is 9.30. The van der Waals surface area contributed by atoms with Crippen molar-refractivity contribution in [3.05, 3.63) is 69.0 Å². The summed E-state index contributed by atoms with van der Waals surface area (Å²) in [5.41, 5.74) is 2.20. The zero-order chi connectivity index (χ0) is 22.0. The van der Waals surface area contributed by atoms with Crippen LogP contribution in [0.25, 0.3) is 0 Å². The number of rotatable bonds is 5. The van der Waals surface area contributed by atoms with Gasteiger partial charge in [0.25, 0.3) is 0 Å². The Morgan fingerprint density at radius 3 is 2.07 bits per heavy atom. The quantitative estimate of drug-likeness (QED) is 0.330. The largest absolute Gasteiger partial charge is 0.506 e. The van der Waals surface area contributed by atoms with Gasteiger partial charge in [0, 0.05) is 16.8 Å². The molecule has 0 atom stereocenters. The number of aliphatic hydroxyl groups excluding tert-OH is 1. The van der Waals surface area contributed by atoms with Gasteiger partial charge in [-0.15, -0.1) is 0 Å². The van der Waals surface area contributed by atoms with Crippen LogP contribution in [0.3, 0.4) is 0 Å². The highest BCUT2D eigenvalue weighted by molar-refractivity contribution is 6.53. The molecule has 0 fully saturated rings. The van der Waals surface area contributed by atoms with E-state index in [1.807, 2.05) is 6.92 Å². The van der Waals surface area contributed by atoms with Crippen molar-refractivity contribution in [2.75, 3.05) is 5.32 Å². The second kappa shape index (κ2) is 8.81. The summed E-state index contributed by atoms with van der Waals surface area (Å²) in [6.45, 7) is 3.61. The number of phenolic OH excluding ortho intramolecular Hbond substituents is 2. The molecule has 6 nitrogen and oxygen atoms in total. The SMILES string of the molecule is CCC1=C(O)C(Nc2ccc(O)c(Cl)c2)=C(CC)C(=Nc2ccc(O)c(Cl)c2)C1=O. The highest BCUT2D eigenvalue weighted by Crippen LogP contribution is 2.34. The van der Waals surface area contributed by atoms with E-state index in [9.17, 15) is 20.1 Å². The lowest BCUT2D eigenvalue weighted by Gasteiger charge is -2.24. The third-order valence-electron chi connectivity index (χ3n) is 4.70. The Morgan fingerprint density at radius 2 is 1.50 bits per heavy atom. The minimum Gasteiger partial charge on any atom is -0.506 e. The topological polar surface area (TPSA) is 102 Å². The summed E-state index contributed by atoms with van der Waals surface area (Å²) in [4.78, 5) is 17.5. The number of halogens is 2. The van der Waals surface area contributed by atoms with Crippen LogP contribution in [0.1, 0.15) is 26.7 Å². The minimum absolute atomic E-state index is 0.0637. The van der Waals surface area contributed by atoms with Gasteiger partial charge in [-0.05, 0) is 49.2 Å². The monoisotopic (exact) mass is 446 g/mol. The van der Waals surface area contributed by atoms with Crippen LogP contribution in [0.15, 0.2) is 64.0 Å². The van der Waals surface area contributed by atoms with Gasteiger partial charge < -0.3 is 20.6 Å². The Morgan fingerprint density at radius 1 is 0.900 bits per heavy atom. The number of ketones is 1. The number of hydrogen-bond donors (Lipinski definition) is 4. The number of Topliss-reactive ketones (excluding diaryl/α,β-unsaturated/α-hetero) is 1. The average molecular weight is 447 g/mol. The fourth-order valence-corrected chi connectivity index (χ4v) is 3.50. The number of benzene rings is 2. The first-order valence-corrected chi connectivity index (χ1v) is 10.1. The Kier molecular flexibility index (Phi) is 6.39. The molecule has 0 aliphatic heterocycles. The minimum atomic E-state index is -0.370. The highest BCUT2D eigenvalue weighted by atomic mass is 35.5. The van der Waals surface area contributed by atoms with E-state index in [-0.39, 0.29) is 44.4 Å². The summed E-state index contributed by atoms with van der Waals surface area (Å²) < 4.78 is 0. The standard InChI is InChI=1S/C22H20Cl2N2O4/c1-3-13-19(25-11-5-7-17(27)15(23)9-11)21(29)14(4-2)22(30)20(13)26-12-6-8-18(28)16(24)10-12/h5-10,25,27-29H,3-4H2,1-2H3. The van der Waals surface area contributed by atoms with E-state index in [1.54, 1.807) is 19.1 Å². The highest BCUT2D eigenvalue weighted by Gasteiger charge is 2.32.